The molecule has 152 valence electrons. The first kappa shape index (κ1) is 20.3. The maximum absolute atomic E-state index is 12.5. The normalized spacial score (nSPS) is 18.2. The molecule has 1 aromatic carbocycles. The highest BCUT2D eigenvalue weighted by molar-refractivity contribution is 6.05. The highest BCUT2D eigenvalue weighted by atomic mass is 16.6. The maximum Gasteiger partial charge on any atom is 0.293 e. The summed E-state index contributed by atoms with van der Waals surface area (Å²) in [4.78, 5) is 30.3. The molecule has 2 fully saturated rings. The minimum absolute atomic E-state index is 0.0192. The second-order valence-electron chi connectivity index (χ2n) is 7.57. The molecule has 0 aromatic heterocycles. The van der Waals surface area contributed by atoms with Crippen molar-refractivity contribution >= 4 is 17.2 Å². The number of unbranched alkanes of at least 4 members (excludes halogenated alkanes) is 1. The van der Waals surface area contributed by atoms with Crippen molar-refractivity contribution in [1.82, 2.24) is 9.80 Å². The van der Waals surface area contributed by atoms with Crippen LogP contribution >= 0.6 is 0 Å². The van der Waals surface area contributed by atoms with Gasteiger partial charge in [0.2, 0.25) is 0 Å². The van der Waals surface area contributed by atoms with Crippen molar-refractivity contribution in [2.45, 2.75) is 32.6 Å². The smallest absolute Gasteiger partial charge is 0.293 e. The number of hydrogen-bond acceptors (Lipinski definition) is 6. The van der Waals surface area contributed by atoms with Gasteiger partial charge in [-0.05, 0) is 37.9 Å². The second kappa shape index (κ2) is 9.68. The minimum Gasteiger partial charge on any atom is -0.375 e. The van der Waals surface area contributed by atoms with E-state index in [1.54, 1.807) is 12.1 Å². The van der Waals surface area contributed by atoms with Gasteiger partial charge in [0, 0.05) is 63.2 Å². The molecule has 2 saturated heterocycles. The number of hydrogen-bond donors (Lipinski definition) is 0. The Morgan fingerprint density at radius 2 is 1.86 bits per heavy atom. The van der Waals surface area contributed by atoms with Gasteiger partial charge < -0.3 is 9.80 Å². The lowest BCUT2D eigenvalue weighted by Gasteiger charge is -2.33. The fourth-order valence-electron chi connectivity index (χ4n) is 3.84. The molecule has 0 radical (unpaired) electrons. The van der Waals surface area contributed by atoms with Gasteiger partial charge in [-0.1, -0.05) is 13.3 Å². The first-order valence-corrected chi connectivity index (χ1v) is 10.3. The molecule has 0 atom stereocenters. The number of piperazine rings is 1. The SMILES string of the molecule is CCCCN1CCN(C=CC(=O)c2ccc(N3CCCC3)c([N+](=O)[O-])c2)CC1. The molecule has 28 heavy (non-hydrogen) atoms. The number of benzene rings is 1. The van der Waals surface area contributed by atoms with E-state index in [9.17, 15) is 14.9 Å². The Hall–Kier alpha value is -2.41. The van der Waals surface area contributed by atoms with Crippen LogP contribution in [0.15, 0.2) is 30.5 Å². The average molecular weight is 386 g/mol. The minimum atomic E-state index is -0.385. The van der Waals surface area contributed by atoms with Gasteiger partial charge >= 0.3 is 0 Å². The predicted octanol–water partition coefficient (Wildman–Crippen LogP) is 3.31. The van der Waals surface area contributed by atoms with Crippen LogP contribution < -0.4 is 4.90 Å². The van der Waals surface area contributed by atoms with Crippen molar-refractivity contribution in [2.24, 2.45) is 0 Å². The van der Waals surface area contributed by atoms with Gasteiger partial charge in [-0.2, -0.15) is 0 Å². The maximum atomic E-state index is 12.5. The molecule has 1 aromatic rings. The van der Waals surface area contributed by atoms with Gasteiger partial charge in [0.25, 0.3) is 5.69 Å². The van der Waals surface area contributed by atoms with E-state index in [4.69, 9.17) is 0 Å². The summed E-state index contributed by atoms with van der Waals surface area (Å²) in [5.74, 6) is -0.190. The summed E-state index contributed by atoms with van der Waals surface area (Å²) in [5.41, 5.74) is 1.00. The van der Waals surface area contributed by atoms with Gasteiger partial charge in [-0.15, -0.1) is 0 Å². The van der Waals surface area contributed by atoms with Crippen LogP contribution in [0, 0.1) is 10.1 Å². The quantitative estimate of drug-likeness (QED) is 0.295. The topological polar surface area (TPSA) is 69.9 Å². The summed E-state index contributed by atoms with van der Waals surface area (Å²) in [6, 6.07) is 4.84. The molecular formula is C21H30N4O3. The number of nitrogens with zero attached hydrogens (tertiary/aromatic N) is 4. The van der Waals surface area contributed by atoms with Crippen molar-refractivity contribution in [3.05, 3.63) is 46.2 Å². The molecule has 2 heterocycles. The van der Waals surface area contributed by atoms with E-state index in [-0.39, 0.29) is 16.4 Å². The zero-order valence-corrected chi connectivity index (χ0v) is 16.7. The molecule has 2 aliphatic rings. The molecule has 0 unspecified atom stereocenters. The average Bonchev–Trinajstić information content (AvgIpc) is 3.25. The van der Waals surface area contributed by atoms with Crippen LogP contribution in [0.5, 0.6) is 0 Å². The van der Waals surface area contributed by atoms with Crippen molar-refractivity contribution in [1.29, 1.82) is 0 Å². The summed E-state index contributed by atoms with van der Waals surface area (Å²) >= 11 is 0. The molecule has 0 aliphatic carbocycles. The van der Waals surface area contributed by atoms with Crippen LogP contribution in [0.25, 0.3) is 0 Å². The highest BCUT2D eigenvalue weighted by Gasteiger charge is 2.23. The number of ketones is 1. The van der Waals surface area contributed by atoms with Crippen LogP contribution in [-0.2, 0) is 0 Å². The Labute approximate surface area is 166 Å². The number of carbonyl (C=O) groups excluding carboxylic acids is 1. The Balaban J connectivity index is 1.62. The summed E-state index contributed by atoms with van der Waals surface area (Å²) < 4.78 is 0. The van der Waals surface area contributed by atoms with Crippen molar-refractivity contribution < 1.29 is 9.72 Å². The number of anilines is 1. The third-order valence-corrected chi connectivity index (χ3v) is 5.57. The van der Waals surface area contributed by atoms with Crippen LogP contribution in [-0.4, -0.2) is 66.3 Å². The number of nitro groups is 1. The van der Waals surface area contributed by atoms with Gasteiger partial charge in [-0.3, -0.25) is 19.8 Å². The van der Waals surface area contributed by atoms with Crippen LogP contribution in [0.1, 0.15) is 43.0 Å². The highest BCUT2D eigenvalue weighted by Crippen LogP contribution is 2.31. The van der Waals surface area contributed by atoms with E-state index in [1.165, 1.54) is 25.0 Å². The summed E-state index contributed by atoms with van der Waals surface area (Å²) in [6.07, 6.45) is 7.90. The molecule has 0 amide bonds. The van der Waals surface area contributed by atoms with E-state index < -0.39 is 0 Å². The number of nitro benzene ring substituents is 1. The number of carbonyl (C=O) groups is 1. The van der Waals surface area contributed by atoms with E-state index in [0.717, 1.165) is 58.7 Å². The summed E-state index contributed by atoms with van der Waals surface area (Å²) in [6.45, 7) is 8.83. The van der Waals surface area contributed by atoms with Gasteiger partial charge in [-0.25, -0.2) is 0 Å². The predicted molar refractivity (Wildman–Crippen MR) is 111 cm³/mol. The molecule has 7 nitrogen and oxygen atoms in total. The van der Waals surface area contributed by atoms with Crippen molar-refractivity contribution in [3.8, 4) is 0 Å². The molecular weight excluding hydrogens is 356 g/mol. The third kappa shape index (κ3) is 5.10. The summed E-state index contributed by atoms with van der Waals surface area (Å²) in [5, 5.41) is 11.5. The second-order valence-corrected chi connectivity index (χ2v) is 7.57. The van der Waals surface area contributed by atoms with Crippen LogP contribution in [0.2, 0.25) is 0 Å². The lowest BCUT2D eigenvalue weighted by atomic mass is 10.1. The molecule has 0 N–H and O–H groups in total. The largest absolute Gasteiger partial charge is 0.375 e. The van der Waals surface area contributed by atoms with E-state index >= 15 is 0 Å². The first-order chi connectivity index (χ1) is 13.6. The molecule has 7 heteroatoms. The Bertz CT molecular complexity index is 720. The first-order valence-electron chi connectivity index (χ1n) is 10.3. The lowest BCUT2D eigenvalue weighted by molar-refractivity contribution is -0.384. The fraction of sp³-hybridized carbons (Fsp3) is 0.571. The molecule has 0 saturated carbocycles. The van der Waals surface area contributed by atoms with E-state index in [1.807, 2.05) is 11.1 Å². The summed E-state index contributed by atoms with van der Waals surface area (Å²) in [7, 11) is 0. The molecule has 2 aliphatic heterocycles. The zero-order chi connectivity index (χ0) is 19.9. The van der Waals surface area contributed by atoms with Gasteiger partial charge in [0.15, 0.2) is 5.78 Å². The Morgan fingerprint density at radius 1 is 1.14 bits per heavy atom. The Morgan fingerprint density at radius 3 is 2.50 bits per heavy atom. The van der Waals surface area contributed by atoms with E-state index in [0.29, 0.717) is 11.3 Å². The number of rotatable bonds is 8. The van der Waals surface area contributed by atoms with Crippen LogP contribution in [0.3, 0.4) is 0 Å². The Kier molecular flexibility index (Phi) is 7.03. The third-order valence-electron chi connectivity index (χ3n) is 5.57. The van der Waals surface area contributed by atoms with E-state index in [2.05, 4.69) is 16.7 Å². The van der Waals surface area contributed by atoms with Crippen LogP contribution in [0.4, 0.5) is 11.4 Å². The number of allylic oxidation sites excluding steroid dienone is 1. The zero-order valence-electron chi connectivity index (χ0n) is 16.7. The monoisotopic (exact) mass is 386 g/mol. The lowest BCUT2D eigenvalue weighted by Crippen LogP contribution is -2.44. The van der Waals surface area contributed by atoms with Gasteiger partial charge in [0.1, 0.15) is 5.69 Å². The standard InChI is InChI=1S/C21H30N4O3/c1-2-3-9-22-13-15-23(16-14-22)12-8-21(26)18-6-7-19(20(17-18)25(27)28)24-10-4-5-11-24/h6-8,12,17H,2-5,9-11,13-16H2,1H3. The fourth-order valence-corrected chi connectivity index (χ4v) is 3.84. The molecule has 0 bridgehead atoms. The molecule has 0 spiro atoms. The molecule has 3 rings (SSSR count). The van der Waals surface area contributed by atoms with Crippen molar-refractivity contribution in [3.63, 3.8) is 0 Å². The van der Waals surface area contributed by atoms with Crippen molar-refractivity contribution in [2.75, 3.05) is 50.7 Å². The van der Waals surface area contributed by atoms with Gasteiger partial charge in [0.05, 0.1) is 4.92 Å².